The maximum Gasteiger partial charge on any atom is 0.0411 e. The van der Waals surface area contributed by atoms with Gasteiger partial charge >= 0.3 is 0 Å². The van der Waals surface area contributed by atoms with Crippen LogP contribution in [-0.2, 0) is 0 Å². The minimum atomic E-state index is 0.572. The van der Waals surface area contributed by atoms with Gasteiger partial charge in [-0.3, -0.25) is 0 Å². The third-order valence-corrected chi connectivity index (χ3v) is 3.95. The molecule has 3 nitrogen and oxygen atoms in total. The molecule has 3 heteroatoms. The molecule has 2 unspecified atom stereocenters. The predicted molar refractivity (Wildman–Crippen MR) is 79.6 cm³/mol. The normalized spacial score (nSPS) is 24.3. The molecule has 1 N–H and O–H groups in total. The van der Waals surface area contributed by atoms with E-state index in [-0.39, 0.29) is 0 Å². The lowest BCUT2D eigenvalue weighted by molar-refractivity contribution is 0.330. The first-order chi connectivity index (χ1) is 8.47. The molecule has 0 aromatic heterocycles. The summed E-state index contributed by atoms with van der Waals surface area (Å²) in [6.07, 6.45) is 1.22. The largest absolute Gasteiger partial charge is 0.381 e. The maximum atomic E-state index is 3.66. The van der Waals surface area contributed by atoms with Crippen molar-refractivity contribution >= 4 is 11.4 Å². The van der Waals surface area contributed by atoms with Crippen LogP contribution < -0.4 is 10.2 Å². The van der Waals surface area contributed by atoms with Crippen molar-refractivity contribution in [3.05, 3.63) is 23.8 Å². The van der Waals surface area contributed by atoms with Gasteiger partial charge in [0.2, 0.25) is 0 Å². The van der Waals surface area contributed by atoms with E-state index in [0.717, 1.165) is 6.54 Å². The number of likely N-dealkylation sites (tertiary alicyclic amines) is 1. The number of benzene rings is 1. The number of nitrogens with zero attached hydrogens (tertiary/aromatic N) is 2. The topological polar surface area (TPSA) is 18.5 Å². The minimum absolute atomic E-state index is 0.572. The molecule has 18 heavy (non-hydrogen) atoms. The molecule has 0 aliphatic carbocycles. The first-order valence-corrected chi connectivity index (χ1v) is 6.72. The summed E-state index contributed by atoms with van der Waals surface area (Å²) < 4.78 is 0. The molecule has 1 fully saturated rings. The summed E-state index contributed by atoms with van der Waals surface area (Å²) >= 11 is 0. The van der Waals surface area contributed by atoms with Crippen molar-refractivity contribution in [3.63, 3.8) is 0 Å². The van der Waals surface area contributed by atoms with Gasteiger partial charge in [0.15, 0.2) is 0 Å². The maximum absolute atomic E-state index is 3.66. The Bertz CT molecular complexity index is 404. The van der Waals surface area contributed by atoms with Crippen molar-refractivity contribution in [3.8, 4) is 0 Å². The number of hydrogen-bond acceptors (Lipinski definition) is 3. The van der Waals surface area contributed by atoms with E-state index in [0.29, 0.717) is 12.1 Å². The fourth-order valence-electron chi connectivity index (χ4n) is 2.72. The molecule has 2 atom stereocenters. The zero-order chi connectivity index (χ0) is 13.3. The van der Waals surface area contributed by atoms with Gasteiger partial charge in [0.05, 0.1) is 0 Å². The van der Waals surface area contributed by atoms with Gasteiger partial charge in [0.1, 0.15) is 0 Å². The molecule has 1 aromatic rings. The Labute approximate surface area is 111 Å². The average Bonchev–Trinajstić information content (AvgIpc) is 2.60. The number of nitrogens with one attached hydrogen (secondary N) is 1. The molecule has 1 aromatic carbocycles. The molecular formula is C15H25N3. The van der Waals surface area contributed by atoms with Crippen LogP contribution in [0.25, 0.3) is 0 Å². The van der Waals surface area contributed by atoms with Gasteiger partial charge in [-0.05, 0) is 45.0 Å². The van der Waals surface area contributed by atoms with Gasteiger partial charge in [-0.25, -0.2) is 0 Å². The van der Waals surface area contributed by atoms with Crippen molar-refractivity contribution in [2.45, 2.75) is 32.4 Å². The van der Waals surface area contributed by atoms with Crippen molar-refractivity contribution in [1.82, 2.24) is 4.90 Å². The van der Waals surface area contributed by atoms with E-state index in [2.05, 4.69) is 68.3 Å². The summed E-state index contributed by atoms with van der Waals surface area (Å²) in [6.45, 7) is 5.58. The van der Waals surface area contributed by atoms with Gasteiger partial charge < -0.3 is 15.1 Å². The highest BCUT2D eigenvalue weighted by Gasteiger charge is 2.25. The van der Waals surface area contributed by atoms with E-state index in [1.165, 1.54) is 23.4 Å². The first-order valence-electron chi connectivity index (χ1n) is 6.72. The zero-order valence-corrected chi connectivity index (χ0v) is 12.2. The fourth-order valence-corrected chi connectivity index (χ4v) is 2.72. The monoisotopic (exact) mass is 247 g/mol. The molecule has 1 heterocycles. The van der Waals surface area contributed by atoms with E-state index in [1.54, 1.807) is 0 Å². The number of anilines is 2. The lowest BCUT2D eigenvalue weighted by Crippen LogP contribution is -2.25. The van der Waals surface area contributed by atoms with Crippen LogP contribution in [0.4, 0.5) is 11.4 Å². The van der Waals surface area contributed by atoms with Gasteiger partial charge in [-0.15, -0.1) is 0 Å². The van der Waals surface area contributed by atoms with E-state index in [9.17, 15) is 0 Å². The van der Waals surface area contributed by atoms with Gasteiger partial charge in [0, 0.05) is 44.1 Å². The van der Waals surface area contributed by atoms with Gasteiger partial charge in [-0.1, -0.05) is 6.07 Å². The van der Waals surface area contributed by atoms with Crippen molar-refractivity contribution in [2.75, 3.05) is 37.9 Å². The highest BCUT2D eigenvalue weighted by molar-refractivity contribution is 5.62. The lowest BCUT2D eigenvalue weighted by atomic mass is 10.1. The SMILES string of the molecule is Cc1ccc(NC2CC(C)N(C)C2)cc1N(C)C. The third-order valence-electron chi connectivity index (χ3n) is 3.95. The van der Waals surface area contributed by atoms with Gasteiger partial charge in [-0.2, -0.15) is 0 Å². The summed E-state index contributed by atoms with van der Waals surface area (Å²) in [6, 6.07) is 7.88. The molecule has 100 valence electrons. The quantitative estimate of drug-likeness (QED) is 0.885. The van der Waals surface area contributed by atoms with Crippen molar-refractivity contribution in [2.24, 2.45) is 0 Å². The van der Waals surface area contributed by atoms with Crippen molar-refractivity contribution < 1.29 is 0 Å². The van der Waals surface area contributed by atoms with Crippen LogP contribution in [0.15, 0.2) is 18.2 Å². The standard InChI is InChI=1S/C15H25N3/c1-11-6-7-13(9-15(11)17(3)4)16-14-8-12(2)18(5)10-14/h6-7,9,12,14,16H,8,10H2,1-5H3. The van der Waals surface area contributed by atoms with Crippen LogP contribution in [-0.4, -0.2) is 44.7 Å². The van der Waals surface area contributed by atoms with E-state index < -0.39 is 0 Å². The second-order valence-corrected chi connectivity index (χ2v) is 5.76. The van der Waals surface area contributed by atoms with Crippen LogP contribution in [0.3, 0.4) is 0 Å². The average molecular weight is 247 g/mol. The number of aryl methyl sites for hydroxylation is 1. The Morgan fingerprint density at radius 3 is 2.61 bits per heavy atom. The molecule has 0 spiro atoms. The number of rotatable bonds is 3. The summed E-state index contributed by atoms with van der Waals surface area (Å²) in [5.74, 6) is 0. The Hall–Kier alpha value is -1.22. The van der Waals surface area contributed by atoms with Crippen LogP contribution in [0.1, 0.15) is 18.9 Å². The van der Waals surface area contributed by atoms with E-state index >= 15 is 0 Å². The van der Waals surface area contributed by atoms with Crippen molar-refractivity contribution in [1.29, 1.82) is 0 Å². The summed E-state index contributed by atoms with van der Waals surface area (Å²) in [4.78, 5) is 4.59. The Morgan fingerprint density at radius 2 is 2.06 bits per heavy atom. The summed E-state index contributed by atoms with van der Waals surface area (Å²) in [7, 11) is 6.39. The zero-order valence-electron chi connectivity index (χ0n) is 12.2. The fraction of sp³-hybridized carbons (Fsp3) is 0.600. The van der Waals surface area contributed by atoms with E-state index in [4.69, 9.17) is 0 Å². The molecular weight excluding hydrogens is 222 g/mol. The first kappa shape index (κ1) is 13.2. The highest BCUT2D eigenvalue weighted by Crippen LogP contribution is 2.25. The lowest BCUT2D eigenvalue weighted by Gasteiger charge is -2.19. The molecule has 0 amide bonds. The smallest absolute Gasteiger partial charge is 0.0411 e. The van der Waals surface area contributed by atoms with Crippen LogP contribution in [0.5, 0.6) is 0 Å². The molecule has 0 saturated carbocycles. The Balaban J connectivity index is 2.08. The second kappa shape index (κ2) is 5.19. The molecule has 2 rings (SSSR count). The summed E-state index contributed by atoms with van der Waals surface area (Å²) in [5, 5.41) is 3.66. The van der Waals surface area contributed by atoms with Crippen LogP contribution in [0.2, 0.25) is 0 Å². The molecule has 1 aliphatic rings. The highest BCUT2D eigenvalue weighted by atomic mass is 15.2. The minimum Gasteiger partial charge on any atom is -0.381 e. The number of likely N-dealkylation sites (N-methyl/N-ethyl adjacent to an activating group) is 1. The Morgan fingerprint density at radius 1 is 1.33 bits per heavy atom. The second-order valence-electron chi connectivity index (χ2n) is 5.76. The van der Waals surface area contributed by atoms with E-state index in [1.807, 2.05) is 0 Å². The summed E-state index contributed by atoms with van der Waals surface area (Å²) in [5.41, 5.74) is 3.85. The third kappa shape index (κ3) is 2.78. The van der Waals surface area contributed by atoms with Crippen LogP contribution >= 0.6 is 0 Å². The molecule has 0 radical (unpaired) electrons. The Kier molecular flexibility index (Phi) is 3.81. The van der Waals surface area contributed by atoms with Crippen LogP contribution in [0, 0.1) is 6.92 Å². The molecule has 0 bridgehead atoms. The van der Waals surface area contributed by atoms with Gasteiger partial charge in [0.25, 0.3) is 0 Å². The number of hydrogen-bond donors (Lipinski definition) is 1. The molecule has 1 saturated heterocycles. The molecule has 1 aliphatic heterocycles. The predicted octanol–water partition coefficient (Wildman–Crippen LogP) is 2.57.